The Morgan fingerprint density at radius 2 is 1.81 bits per heavy atom. The van der Waals surface area contributed by atoms with Gasteiger partial charge in [-0.25, -0.2) is 8.42 Å². The topological polar surface area (TPSA) is 95.9 Å². The van der Waals surface area contributed by atoms with E-state index < -0.39 is 16.1 Å². The number of nitrogens with zero attached hydrogens (tertiary/aromatic N) is 1. The van der Waals surface area contributed by atoms with E-state index in [1.807, 2.05) is 44.2 Å². The standard InChI is InChI=1S/C24H32N2O5S/c1-17-5-4-6-22(14-17)31-16-21(27)15-25-24(28)20-9-11-26(12-10-20)32(29,30)23-8-7-18(2)13-19(23)3/h4-8,13-14,20-21,27H,9-12,15-16H2,1-3H3,(H,25,28). The van der Waals surface area contributed by atoms with E-state index in [2.05, 4.69) is 5.32 Å². The summed E-state index contributed by atoms with van der Waals surface area (Å²) in [5.41, 5.74) is 2.81. The summed E-state index contributed by atoms with van der Waals surface area (Å²) in [5.74, 6) is 0.237. The van der Waals surface area contributed by atoms with E-state index in [9.17, 15) is 18.3 Å². The van der Waals surface area contributed by atoms with Crippen molar-refractivity contribution >= 4 is 15.9 Å². The predicted octanol–water partition coefficient (Wildman–Crippen LogP) is 2.57. The molecule has 2 aromatic carbocycles. The first-order valence-corrected chi connectivity index (χ1v) is 12.3. The maximum Gasteiger partial charge on any atom is 0.243 e. The number of sulfonamides is 1. The molecule has 1 aliphatic rings. The number of hydrogen-bond acceptors (Lipinski definition) is 5. The lowest BCUT2D eigenvalue weighted by Gasteiger charge is -2.31. The van der Waals surface area contributed by atoms with Gasteiger partial charge in [0.25, 0.3) is 0 Å². The van der Waals surface area contributed by atoms with Crippen LogP contribution in [0.3, 0.4) is 0 Å². The highest BCUT2D eigenvalue weighted by Crippen LogP contribution is 2.26. The number of carbonyl (C=O) groups excluding carboxylic acids is 1. The van der Waals surface area contributed by atoms with Crippen LogP contribution in [0.5, 0.6) is 5.75 Å². The number of hydrogen-bond donors (Lipinski definition) is 2. The van der Waals surface area contributed by atoms with Gasteiger partial charge in [0.2, 0.25) is 15.9 Å². The van der Waals surface area contributed by atoms with Crippen LogP contribution in [0, 0.1) is 26.7 Å². The minimum Gasteiger partial charge on any atom is -0.491 e. The molecular weight excluding hydrogens is 428 g/mol. The summed E-state index contributed by atoms with van der Waals surface area (Å²) >= 11 is 0. The van der Waals surface area contributed by atoms with Crippen LogP contribution in [0.4, 0.5) is 0 Å². The van der Waals surface area contributed by atoms with E-state index >= 15 is 0 Å². The zero-order valence-corrected chi connectivity index (χ0v) is 19.7. The quantitative estimate of drug-likeness (QED) is 0.631. The second-order valence-electron chi connectivity index (χ2n) is 8.47. The Balaban J connectivity index is 1.45. The van der Waals surface area contributed by atoms with Gasteiger partial charge in [-0.15, -0.1) is 0 Å². The Labute approximate surface area is 190 Å². The van der Waals surface area contributed by atoms with E-state index in [0.717, 1.165) is 16.7 Å². The fourth-order valence-electron chi connectivity index (χ4n) is 3.91. The van der Waals surface area contributed by atoms with Gasteiger partial charge in [-0.3, -0.25) is 4.79 Å². The average Bonchev–Trinajstić information content (AvgIpc) is 2.76. The van der Waals surface area contributed by atoms with E-state index in [4.69, 9.17) is 4.74 Å². The van der Waals surface area contributed by atoms with Crippen LogP contribution in [0.15, 0.2) is 47.4 Å². The minimum atomic E-state index is -3.58. The fraction of sp³-hybridized carbons (Fsp3) is 0.458. The van der Waals surface area contributed by atoms with Gasteiger partial charge in [0.1, 0.15) is 18.5 Å². The first kappa shape index (κ1) is 24.2. The Kier molecular flexibility index (Phi) is 7.92. The molecule has 2 N–H and O–H groups in total. The number of aliphatic hydroxyl groups is 1. The summed E-state index contributed by atoms with van der Waals surface area (Å²) < 4.78 is 33.0. The summed E-state index contributed by atoms with van der Waals surface area (Å²) in [6, 6.07) is 12.9. The second-order valence-corrected chi connectivity index (χ2v) is 10.4. The highest BCUT2D eigenvalue weighted by atomic mass is 32.2. The molecule has 7 nitrogen and oxygen atoms in total. The lowest BCUT2D eigenvalue weighted by molar-refractivity contribution is -0.126. The first-order valence-electron chi connectivity index (χ1n) is 10.9. The largest absolute Gasteiger partial charge is 0.491 e. The lowest BCUT2D eigenvalue weighted by atomic mass is 9.97. The second kappa shape index (κ2) is 10.5. The highest BCUT2D eigenvalue weighted by molar-refractivity contribution is 7.89. The molecular formula is C24H32N2O5S. The van der Waals surface area contributed by atoms with Gasteiger partial charge in [-0.05, 0) is 62.9 Å². The smallest absolute Gasteiger partial charge is 0.243 e. The monoisotopic (exact) mass is 460 g/mol. The molecule has 0 radical (unpaired) electrons. The number of rotatable bonds is 8. The molecule has 1 heterocycles. The first-order chi connectivity index (χ1) is 15.2. The average molecular weight is 461 g/mol. The van der Waals surface area contributed by atoms with Crippen molar-refractivity contribution in [2.24, 2.45) is 5.92 Å². The van der Waals surface area contributed by atoms with Crippen molar-refractivity contribution in [1.82, 2.24) is 9.62 Å². The number of amides is 1. The Morgan fingerprint density at radius 1 is 1.12 bits per heavy atom. The molecule has 8 heteroatoms. The van der Waals surface area contributed by atoms with Crippen molar-refractivity contribution < 1.29 is 23.1 Å². The van der Waals surface area contributed by atoms with Crippen LogP contribution < -0.4 is 10.1 Å². The number of ether oxygens (including phenoxy) is 1. The molecule has 1 aliphatic heterocycles. The molecule has 1 unspecified atom stereocenters. The molecule has 32 heavy (non-hydrogen) atoms. The normalized spacial score (nSPS) is 16.5. The van der Waals surface area contributed by atoms with Crippen molar-refractivity contribution in [3.63, 3.8) is 0 Å². The molecule has 3 rings (SSSR count). The maximum atomic E-state index is 13.0. The molecule has 0 aromatic heterocycles. The summed E-state index contributed by atoms with van der Waals surface area (Å²) in [6.07, 6.45) is 0.0713. The van der Waals surface area contributed by atoms with E-state index in [1.54, 1.807) is 19.1 Å². The van der Waals surface area contributed by atoms with Gasteiger partial charge in [0.05, 0.1) is 4.90 Å². The molecule has 1 fully saturated rings. The number of aliphatic hydroxyl groups excluding tert-OH is 1. The Morgan fingerprint density at radius 3 is 2.47 bits per heavy atom. The van der Waals surface area contributed by atoms with Gasteiger partial charge < -0.3 is 15.2 Å². The third kappa shape index (κ3) is 6.09. The van der Waals surface area contributed by atoms with Crippen LogP contribution in [0.1, 0.15) is 29.5 Å². The van der Waals surface area contributed by atoms with Crippen LogP contribution in [-0.2, 0) is 14.8 Å². The van der Waals surface area contributed by atoms with Crippen molar-refractivity contribution in [3.8, 4) is 5.75 Å². The number of nitrogens with one attached hydrogen (secondary N) is 1. The third-order valence-corrected chi connectivity index (χ3v) is 7.78. The van der Waals surface area contributed by atoms with Gasteiger partial charge >= 0.3 is 0 Å². The molecule has 0 aliphatic carbocycles. The Bertz CT molecular complexity index is 1050. The minimum absolute atomic E-state index is 0.0797. The molecule has 1 amide bonds. The van der Waals surface area contributed by atoms with Crippen molar-refractivity contribution in [1.29, 1.82) is 0 Å². The van der Waals surface area contributed by atoms with Crippen molar-refractivity contribution in [3.05, 3.63) is 59.2 Å². The van der Waals surface area contributed by atoms with Crippen LogP contribution >= 0.6 is 0 Å². The zero-order chi connectivity index (χ0) is 23.3. The summed E-state index contributed by atoms with van der Waals surface area (Å²) in [6.45, 7) is 6.46. The summed E-state index contributed by atoms with van der Waals surface area (Å²) in [4.78, 5) is 12.8. The number of aryl methyl sites for hydroxylation is 3. The van der Waals surface area contributed by atoms with Crippen molar-refractivity contribution in [2.45, 2.75) is 44.6 Å². The highest BCUT2D eigenvalue weighted by Gasteiger charge is 2.32. The van der Waals surface area contributed by atoms with Gasteiger partial charge in [0.15, 0.2) is 0 Å². The van der Waals surface area contributed by atoms with E-state index in [0.29, 0.717) is 36.6 Å². The van der Waals surface area contributed by atoms with Gasteiger partial charge in [-0.2, -0.15) is 4.31 Å². The summed E-state index contributed by atoms with van der Waals surface area (Å²) in [5, 5.41) is 12.9. The van der Waals surface area contributed by atoms with E-state index in [-0.39, 0.29) is 25.0 Å². The van der Waals surface area contributed by atoms with Crippen LogP contribution in [0.2, 0.25) is 0 Å². The van der Waals surface area contributed by atoms with Crippen molar-refractivity contribution in [2.75, 3.05) is 26.2 Å². The SMILES string of the molecule is Cc1cccc(OCC(O)CNC(=O)C2CCN(S(=O)(=O)c3ccc(C)cc3C)CC2)c1. The van der Waals surface area contributed by atoms with Gasteiger partial charge in [0, 0.05) is 25.6 Å². The number of carbonyl (C=O) groups is 1. The van der Waals surface area contributed by atoms with E-state index in [1.165, 1.54) is 4.31 Å². The fourth-order valence-corrected chi connectivity index (χ4v) is 5.58. The summed E-state index contributed by atoms with van der Waals surface area (Å²) in [7, 11) is -3.58. The van der Waals surface area contributed by atoms with Gasteiger partial charge in [-0.1, -0.05) is 29.8 Å². The predicted molar refractivity (Wildman–Crippen MR) is 123 cm³/mol. The zero-order valence-electron chi connectivity index (χ0n) is 18.9. The van der Waals surface area contributed by atoms with Crippen LogP contribution in [0.25, 0.3) is 0 Å². The third-order valence-electron chi connectivity index (χ3n) is 5.72. The number of piperidine rings is 1. The molecule has 1 atom stereocenters. The van der Waals surface area contributed by atoms with Crippen LogP contribution in [-0.4, -0.2) is 56.1 Å². The molecule has 1 saturated heterocycles. The molecule has 0 saturated carbocycles. The number of benzene rings is 2. The molecule has 0 spiro atoms. The molecule has 2 aromatic rings. The lowest BCUT2D eigenvalue weighted by Crippen LogP contribution is -2.44. The molecule has 174 valence electrons. The Hall–Kier alpha value is -2.42. The molecule has 0 bridgehead atoms. The maximum absolute atomic E-state index is 13.0.